The highest BCUT2D eigenvalue weighted by Crippen LogP contribution is 2.27. The molecule has 1 rings (SSSR count). The molecule has 5 heteroatoms. The van der Waals surface area contributed by atoms with Gasteiger partial charge in [0.1, 0.15) is 5.75 Å². The van der Waals surface area contributed by atoms with E-state index in [9.17, 15) is 4.79 Å². The quantitative estimate of drug-likeness (QED) is 0.730. The van der Waals surface area contributed by atoms with Crippen LogP contribution in [0.1, 0.15) is 26.2 Å². The fourth-order valence-electron chi connectivity index (χ4n) is 1.39. The van der Waals surface area contributed by atoms with Gasteiger partial charge in [-0.05, 0) is 40.5 Å². The van der Waals surface area contributed by atoms with Crippen LogP contribution >= 0.6 is 31.9 Å². The van der Waals surface area contributed by atoms with E-state index < -0.39 is 0 Å². The number of amides is 1. The third-order valence-electron chi connectivity index (χ3n) is 2.36. The predicted octanol–water partition coefficient (Wildman–Crippen LogP) is 3.90. The Hall–Kier alpha value is -0.550. The summed E-state index contributed by atoms with van der Waals surface area (Å²) in [6.45, 7) is 2.90. The fourth-order valence-corrected chi connectivity index (χ4v) is 2.55. The summed E-state index contributed by atoms with van der Waals surface area (Å²) in [6, 6.07) is 5.58. The normalized spacial score (nSPS) is 10.2. The van der Waals surface area contributed by atoms with Crippen LogP contribution in [0.15, 0.2) is 27.1 Å². The second kappa shape index (κ2) is 8.53. The van der Waals surface area contributed by atoms with E-state index >= 15 is 0 Å². The van der Waals surface area contributed by atoms with Crippen LogP contribution in [0.3, 0.4) is 0 Å². The summed E-state index contributed by atoms with van der Waals surface area (Å²) in [6.07, 6.45) is 3.31. The Bertz CT molecular complexity index is 397. The molecule has 1 amide bonds. The van der Waals surface area contributed by atoms with Crippen molar-refractivity contribution in [2.75, 3.05) is 13.2 Å². The first kappa shape index (κ1) is 15.5. The smallest absolute Gasteiger partial charge is 0.257 e. The highest BCUT2D eigenvalue weighted by atomic mass is 79.9. The van der Waals surface area contributed by atoms with Gasteiger partial charge in [0.15, 0.2) is 6.61 Å². The second-order valence-corrected chi connectivity index (χ2v) is 5.69. The predicted molar refractivity (Wildman–Crippen MR) is 79.9 cm³/mol. The molecule has 1 aromatic rings. The first-order chi connectivity index (χ1) is 8.63. The SMILES string of the molecule is CCCCCNC(=O)COc1ccc(Br)cc1Br. The molecule has 0 aliphatic carbocycles. The van der Waals surface area contributed by atoms with E-state index in [0.29, 0.717) is 5.75 Å². The number of carbonyl (C=O) groups is 1. The highest BCUT2D eigenvalue weighted by molar-refractivity contribution is 9.11. The number of hydrogen-bond acceptors (Lipinski definition) is 2. The maximum Gasteiger partial charge on any atom is 0.257 e. The number of unbranched alkanes of at least 4 members (excludes halogenated alkanes) is 2. The third-order valence-corrected chi connectivity index (χ3v) is 3.47. The Morgan fingerprint density at radius 2 is 2.11 bits per heavy atom. The third kappa shape index (κ3) is 5.87. The molecule has 0 atom stereocenters. The van der Waals surface area contributed by atoms with Gasteiger partial charge in [0.05, 0.1) is 4.47 Å². The summed E-state index contributed by atoms with van der Waals surface area (Å²) < 4.78 is 7.22. The van der Waals surface area contributed by atoms with Crippen LogP contribution in [-0.4, -0.2) is 19.1 Å². The number of benzene rings is 1. The highest BCUT2D eigenvalue weighted by Gasteiger charge is 2.05. The van der Waals surface area contributed by atoms with Crippen molar-refractivity contribution < 1.29 is 9.53 Å². The van der Waals surface area contributed by atoms with Crippen molar-refractivity contribution in [1.82, 2.24) is 5.32 Å². The maximum absolute atomic E-state index is 11.5. The van der Waals surface area contributed by atoms with E-state index in [-0.39, 0.29) is 12.5 Å². The van der Waals surface area contributed by atoms with Crippen molar-refractivity contribution in [3.8, 4) is 5.75 Å². The summed E-state index contributed by atoms with van der Waals surface area (Å²) in [5, 5.41) is 2.83. The Labute approximate surface area is 125 Å². The molecule has 0 aliphatic heterocycles. The summed E-state index contributed by atoms with van der Waals surface area (Å²) >= 11 is 6.74. The van der Waals surface area contributed by atoms with Crippen molar-refractivity contribution in [3.05, 3.63) is 27.1 Å². The lowest BCUT2D eigenvalue weighted by Gasteiger charge is -2.09. The first-order valence-electron chi connectivity index (χ1n) is 5.98. The number of carbonyl (C=O) groups excluding carboxylic acids is 1. The Morgan fingerprint density at radius 1 is 1.33 bits per heavy atom. The van der Waals surface area contributed by atoms with Gasteiger partial charge in [-0.3, -0.25) is 4.79 Å². The lowest BCUT2D eigenvalue weighted by Crippen LogP contribution is -2.29. The number of halogens is 2. The molecule has 0 unspecified atom stereocenters. The lowest BCUT2D eigenvalue weighted by molar-refractivity contribution is -0.123. The summed E-state index contributed by atoms with van der Waals surface area (Å²) in [4.78, 5) is 11.5. The van der Waals surface area contributed by atoms with E-state index in [1.165, 1.54) is 0 Å². The van der Waals surface area contributed by atoms with Crippen LogP contribution in [0.5, 0.6) is 5.75 Å². The molecule has 0 heterocycles. The molecule has 0 saturated heterocycles. The van der Waals surface area contributed by atoms with Crippen molar-refractivity contribution in [2.45, 2.75) is 26.2 Å². The zero-order valence-corrected chi connectivity index (χ0v) is 13.5. The molecule has 0 radical (unpaired) electrons. The molecular weight excluding hydrogens is 362 g/mol. The standard InChI is InChI=1S/C13H17Br2NO2/c1-2-3-4-7-16-13(17)9-18-12-6-5-10(14)8-11(12)15/h5-6,8H,2-4,7,9H2,1H3,(H,16,17). The molecule has 0 spiro atoms. The van der Waals surface area contributed by atoms with Gasteiger partial charge in [-0.15, -0.1) is 0 Å². The monoisotopic (exact) mass is 377 g/mol. The fraction of sp³-hybridized carbons (Fsp3) is 0.462. The van der Waals surface area contributed by atoms with Gasteiger partial charge in [-0.25, -0.2) is 0 Å². The zero-order chi connectivity index (χ0) is 13.4. The summed E-state index contributed by atoms with van der Waals surface area (Å²) in [7, 11) is 0. The van der Waals surface area contributed by atoms with E-state index in [1.54, 1.807) is 0 Å². The Balaban J connectivity index is 2.29. The molecule has 0 fully saturated rings. The average molecular weight is 379 g/mol. The summed E-state index contributed by atoms with van der Waals surface area (Å²) in [5.41, 5.74) is 0. The van der Waals surface area contributed by atoms with Gasteiger partial charge in [0.25, 0.3) is 5.91 Å². The van der Waals surface area contributed by atoms with Crippen LogP contribution in [0.4, 0.5) is 0 Å². The molecule has 0 aliphatic rings. The average Bonchev–Trinajstić information content (AvgIpc) is 2.33. The van der Waals surface area contributed by atoms with Gasteiger partial charge in [-0.1, -0.05) is 35.7 Å². The van der Waals surface area contributed by atoms with Crippen LogP contribution in [0.25, 0.3) is 0 Å². The van der Waals surface area contributed by atoms with Gasteiger partial charge in [-0.2, -0.15) is 0 Å². The number of nitrogens with one attached hydrogen (secondary N) is 1. The molecule has 18 heavy (non-hydrogen) atoms. The van der Waals surface area contributed by atoms with Crippen LogP contribution < -0.4 is 10.1 Å². The van der Waals surface area contributed by atoms with Gasteiger partial charge >= 0.3 is 0 Å². The van der Waals surface area contributed by atoms with Crippen molar-refractivity contribution in [1.29, 1.82) is 0 Å². The minimum Gasteiger partial charge on any atom is -0.483 e. The van der Waals surface area contributed by atoms with Gasteiger partial charge < -0.3 is 10.1 Å². The van der Waals surface area contributed by atoms with Crippen molar-refractivity contribution >= 4 is 37.8 Å². The number of ether oxygens (including phenoxy) is 1. The maximum atomic E-state index is 11.5. The number of hydrogen-bond donors (Lipinski definition) is 1. The molecule has 3 nitrogen and oxygen atoms in total. The lowest BCUT2D eigenvalue weighted by atomic mass is 10.2. The molecule has 0 saturated carbocycles. The Kier molecular flexibility index (Phi) is 7.35. The largest absolute Gasteiger partial charge is 0.483 e. The molecular formula is C13H17Br2NO2. The van der Waals surface area contributed by atoms with E-state index in [2.05, 4.69) is 44.1 Å². The minimum absolute atomic E-state index is 0.0480. The molecule has 100 valence electrons. The van der Waals surface area contributed by atoms with Crippen LogP contribution in [0.2, 0.25) is 0 Å². The van der Waals surface area contributed by atoms with E-state index in [1.807, 2.05) is 18.2 Å². The summed E-state index contributed by atoms with van der Waals surface area (Å²) in [5.74, 6) is 0.586. The molecule has 1 aromatic carbocycles. The second-order valence-electron chi connectivity index (χ2n) is 3.92. The van der Waals surface area contributed by atoms with Crippen LogP contribution in [0, 0.1) is 0 Å². The Morgan fingerprint density at radius 3 is 2.78 bits per heavy atom. The zero-order valence-electron chi connectivity index (χ0n) is 10.3. The van der Waals surface area contributed by atoms with E-state index in [0.717, 1.165) is 34.8 Å². The molecule has 1 N–H and O–H groups in total. The number of rotatable bonds is 7. The topological polar surface area (TPSA) is 38.3 Å². The van der Waals surface area contributed by atoms with Gasteiger partial charge in [0.2, 0.25) is 0 Å². The van der Waals surface area contributed by atoms with E-state index in [4.69, 9.17) is 4.74 Å². The van der Waals surface area contributed by atoms with Gasteiger partial charge in [0, 0.05) is 11.0 Å². The molecule has 0 bridgehead atoms. The van der Waals surface area contributed by atoms with Crippen molar-refractivity contribution in [2.24, 2.45) is 0 Å². The first-order valence-corrected chi connectivity index (χ1v) is 7.56. The molecule has 0 aromatic heterocycles. The van der Waals surface area contributed by atoms with Crippen LogP contribution in [-0.2, 0) is 4.79 Å². The minimum atomic E-state index is -0.0825. The van der Waals surface area contributed by atoms with Crippen molar-refractivity contribution in [3.63, 3.8) is 0 Å².